The maximum absolute atomic E-state index is 11.6. The van der Waals surface area contributed by atoms with Crippen LogP contribution in [0.25, 0.3) is 0 Å². The number of hydrogen-bond acceptors (Lipinski definition) is 4. The van der Waals surface area contributed by atoms with Crippen molar-refractivity contribution in [2.45, 2.75) is 25.6 Å². The lowest BCUT2D eigenvalue weighted by Gasteiger charge is -2.24. The third-order valence-electron chi connectivity index (χ3n) is 4.35. The van der Waals surface area contributed by atoms with Crippen molar-refractivity contribution in [3.8, 4) is 0 Å². The van der Waals surface area contributed by atoms with Crippen LogP contribution in [0.2, 0.25) is 0 Å². The van der Waals surface area contributed by atoms with Crippen LogP contribution in [-0.2, 0) is 27.1 Å². The van der Waals surface area contributed by atoms with Gasteiger partial charge in [0.05, 0.1) is 18.9 Å². The molecule has 7 nitrogen and oxygen atoms in total. The van der Waals surface area contributed by atoms with Crippen molar-refractivity contribution in [2.75, 3.05) is 40.4 Å². The summed E-state index contributed by atoms with van der Waals surface area (Å²) in [4.78, 5) is 6.86. The van der Waals surface area contributed by atoms with Crippen LogP contribution in [0.15, 0.2) is 29.3 Å². The molecular weight excluding hydrogens is 352 g/mol. The van der Waals surface area contributed by atoms with Gasteiger partial charge < -0.3 is 15.0 Å². The smallest absolute Gasteiger partial charge is 0.215 e. The lowest BCUT2D eigenvalue weighted by molar-refractivity contribution is 0.181. The summed E-state index contributed by atoms with van der Waals surface area (Å²) in [6.07, 6.45) is 1.10. The van der Waals surface area contributed by atoms with E-state index in [0.29, 0.717) is 12.5 Å². The van der Waals surface area contributed by atoms with Gasteiger partial charge in [-0.2, -0.15) is 0 Å². The molecule has 1 heterocycles. The molecule has 1 atom stereocenters. The number of rotatable bonds is 8. The fourth-order valence-electron chi connectivity index (χ4n) is 2.87. The fraction of sp³-hybridized carbons (Fsp3) is 0.611. The number of sulfonamides is 1. The van der Waals surface area contributed by atoms with Crippen molar-refractivity contribution in [2.24, 2.45) is 10.9 Å². The highest BCUT2D eigenvalue weighted by molar-refractivity contribution is 7.88. The zero-order chi connectivity index (χ0) is 19.0. The molecular formula is C18H30N4O3S. The van der Waals surface area contributed by atoms with E-state index in [1.807, 2.05) is 31.3 Å². The van der Waals surface area contributed by atoms with E-state index in [0.717, 1.165) is 49.8 Å². The molecule has 0 aliphatic carbocycles. The van der Waals surface area contributed by atoms with Crippen molar-refractivity contribution in [1.82, 2.24) is 14.9 Å². The summed E-state index contributed by atoms with van der Waals surface area (Å²) in [7, 11) is 0.227. The van der Waals surface area contributed by atoms with Crippen molar-refractivity contribution >= 4 is 16.0 Å². The highest BCUT2D eigenvalue weighted by atomic mass is 32.2. The summed E-state index contributed by atoms with van der Waals surface area (Å²) in [5.41, 5.74) is 1.81. The first-order chi connectivity index (χ1) is 12.4. The Morgan fingerprint density at radius 2 is 2.00 bits per heavy atom. The Kier molecular flexibility index (Phi) is 7.86. The van der Waals surface area contributed by atoms with E-state index in [1.165, 1.54) is 7.05 Å². The number of nitrogens with zero attached hydrogens (tertiary/aromatic N) is 2. The molecule has 1 aromatic rings. The second-order valence-electron chi connectivity index (χ2n) is 6.56. The first-order valence-electron chi connectivity index (χ1n) is 8.99. The maximum atomic E-state index is 11.6. The quantitative estimate of drug-likeness (QED) is 0.521. The monoisotopic (exact) mass is 382 g/mol. The standard InChI is InChI=1S/C18H30N4O3S/c1-4-20-18(22(3)12-17-9-10-25-13-17)21-11-15-5-7-16(8-6-15)14-26(23,24)19-2/h5-8,17,19H,4,9-14H2,1-3H3,(H,20,21). The Morgan fingerprint density at radius 1 is 1.31 bits per heavy atom. The summed E-state index contributed by atoms with van der Waals surface area (Å²) in [5, 5.41) is 3.32. The fourth-order valence-corrected chi connectivity index (χ4v) is 3.65. The van der Waals surface area contributed by atoms with E-state index < -0.39 is 10.0 Å². The predicted molar refractivity (Wildman–Crippen MR) is 104 cm³/mol. The van der Waals surface area contributed by atoms with Gasteiger partial charge in [-0.3, -0.25) is 0 Å². The summed E-state index contributed by atoms with van der Waals surface area (Å²) < 4.78 is 31.0. The van der Waals surface area contributed by atoms with E-state index >= 15 is 0 Å². The number of ether oxygens (including phenoxy) is 1. The largest absolute Gasteiger partial charge is 0.381 e. The average Bonchev–Trinajstić information content (AvgIpc) is 3.12. The topological polar surface area (TPSA) is 83.0 Å². The van der Waals surface area contributed by atoms with Gasteiger partial charge in [0.2, 0.25) is 10.0 Å². The predicted octanol–water partition coefficient (Wildman–Crippen LogP) is 1.17. The van der Waals surface area contributed by atoms with E-state index in [-0.39, 0.29) is 5.75 Å². The molecule has 2 N–H and O–H groups in total. The minimum absolute atomic E-state index is 0.0120. The molecule has 1 fully saturated rings. The minimum Gasteiger partial charge on any atom is -0.381 e. The van der Waals surface area contributed by atoms with Gasteiger partial charge in [0, 0.05) is 32.7 Å². The van der Waals surface area contributed by atoms with Gasteiger partial charge in [0.25, 0.3) is 0 Å². The van der Waals surface area contributed by atoms with Gasteiger partial charge >= 0.3 is 0 Å². The van der Waals surface area contributed by atoms with E-state index in [4.69, 9.17) is 9.73 Å². The molecule has 146 valence electrons. The molecule has 0 bridgehead atoms. The van der Waals surface area contributed by atoms with Crippen LogP contribution in [0.5, 0.6) is 0 Å². The van der Waals surface area contributed by atoms with Gasteiger partial charge in [-0.25, -0.2) is 18.1 Å². The summed E-state index contributed by atoms with van der Waals surface area (Å²) in [6.45, 7) is 6.01. The van der Waals surface area contributed by atoms with Gasteiger partial charge in [0.1, 0.15) is 0 Å². The number of aliphatic imine (C=N–C) groups is 1. The molecule has 1 unspecified atom stereocenters. The van der Waals surface area contributed by atoms with Crippen molar-refractivity contribution < 1.29 is 13.2 Å². The number of hydrogen-bond donors (Lipinski definition) is 2. The Bertz CT molecular complexity index is 683. The molecule has 1 saturated heterocycles. The van der Waals surface area contributed by atoms with Crippen molar-refractivity contribution in [3.63, 3.8) is 0 Å². The molecule has 1 aliphatic heterocycles. The number of benzene rings is 1. The highest BCUT2D eigenvalue weighted by Gasteiger charge is 2.19. The van der Waals surface area contributed by atoms with Crippen molar-refractivity contribution in [1.29, 1.82) is 0 Å². The third-order valence-corrected chi connectivity index (χ3v) is 5.69. The second kappa shape index (κ2) is 9.89. The van der Waals surface area contributed by atoms with Gasteiger partial charge in [-0.05, 0) is 31.5 Å². The Morgan fingerprint density at radius 3 is 2.58 bits per heavy atom. The average molecular weight is 383 g/mol. The first kappa shape index (κ1) is 20.7. The molecule has 26 heavy (non-hydrogen) atoms. The van der Waals surface area contributed by atoms with Gasteiger partial charge in [0.15, 0.2) is 5.96 Å². The van der Waals surface area contributed by atoms with Crippen LogP contribution in [0, 0.1) is 5.92 Å². The van der Waals surface area contributed by atoms with Crippen LogP contribution in [0.1, 0.15) is 24.5 Å². The van der Waals surface area contributed by atoms with Crippen LogP contribution in [-0.4, -0.2) is 59.7 Å². The maximum Gasteiger partial charge on any atom is 0.215 e. The van der Waals surface area contributed by atoms with Gasteiger partial charge in [-0.1, -0.05) is 24.3 Å². The lowest BCUT2D eigenvalue weighted by Crippen LogP contribution is -2.41. The SMILES string of the molecule is CCNC(=NCc1ccc(CS(=O)(=O)NC)cc1)N(C)CC1CCOC1. The second-order valence-corrected chi connectivity index (χ2v) is 8.49. The van der Waals surface area contributed by atoms with Crippen LogP contribution < -0.4 is 10.0 Å². The van der Waals surface area contributed by atoms with E-state index in [2.05, 4.69) is 21.9 Å². The Labute approximate surface area is 156 Å². The molecule has 0 spiro atoms. The number of nitrogens with one attached hydrogen (secondary N) is 2. The highest BCUT2D eigenvalue weighted by Crippen LogP contribution is 2.14. The van der Waals surface area contributed by atoms with Gasteiger partial charge in [-0.15, -0.1) is 0 Å². The molecule has 0 amide bonds. The summed E-state index contributed by atoms with van der Waals surface area (Å²) in [6, 6.07) is 7.54. The third kappa shape index (κ3) is 6.59. The summed E-state index contributed by atoms with van der Waals surface area (Å²) >= 11 is 0. The Hall–Kier alpha value is -1.64. The minimum atomic E-state index is -3.25. The van der Waals surface area contributed by atoms with E-state index in [1.54, 1.807) is 0 Å². The molecule has 8 heteroatoms. The zero-order valence-electron chi connectivity index (χ0n) is 15.9. The van der Waals surface area contributed by atoms with Crippen LogP contribution in [0.4, 0.5) is 0 Å². The van der Waals surface area contributed by atoms with Crippen molar-refractivity contribution in [3.05, 3.63) is 35.4 Å². The van der Waals surface area contributed by atoms with Crippen LogP contribution in [0.3, 0.4) is 0 Å². The first-order valence-corrected chi connectivity index (χ1v) is 10.6. The Balaban J connectivity index is 1.97. The van der Waals surface area contributed by atoms with E-state index in [9.17, 15) is 8.42 Å². The molecule has 2 rings (SSSR count). The molecule has 0 radical (unpaired) electrons. The summed E-state index contributed by atoms with van der Waals surface area (Å²) in [5.74, 6) is 1.42. The molecule has 0 aromatic heterocycles. The molecule has 1 aliphatic rings. The molecule has 1 aromatic carbocycles. The zero-order valence-corrected chi connectivity index (χ0v) is 16.7. The number of guanidine groups is 1. The lowest BCUT2D eigenvalue weighted by atomic mass is 10.1. The normalized spacial score (nSPS) is 18.1. The molecule has 0 saturated carbocycles. The van der Waals surface area contributed by atoms with Crippen LogP contribution >= 0.6 is 0 Å².